The lowest BCUT2D eigenvalue weighted by Crippen LogP contribution is -2.27. The smallest absolute Gasteiger partial charge is 0.252 e. The van der Waals surface area contributed by atoms with Gasteiger partial charge in [0.25, 0.3) is 5.91 Å². The van der Waals surface area contributed by atoms with E-state index < -0.39 is 0 Å². The van der Waals surface area contributed by atoms with E-state index in [1.165, 1.54) is 5.56 Å². The topological polar surface area (TPSA) is 59.9 Å². The predicted molar refractivity (Wildman–Crippen MR) is 139 cm³/mol. The van der Waals surface area contributed by atoms with Crippen LogP contribution in [0, 0.1) is 0 Å². The second-order valence-electron chi connectivity index (χ2n) is 7.09. The Morgan fingerprint density at radius 3 is 2.64 bits per heavy atom. The Hall–Kier alpha value is -2.48. The van der Waals surface area contributed by atoms with E-state index in [1.54, 1.807) is 31.2 Å². The number of ether oxygens (including phenoxy) is 2. The van der Waals surface area contributed by atoms with Gasteiger partial charge in [-0.05, 0) is 52.2 Å². The van der Waals surface area contributed by atoms with Gasteiger partial charge in [-0.15, -0.1) is 11.8 Å². The molecule has 0 radical (unpaired) electrons. The van der Waals surface area contributed by atoms with E-state index in [0.29, 0.717) is 27.6 Å². The lowest BCUT2D eigenvalue weighted by Gasteiger charge is -2.14. The number of rotatable bonds is 10. The molecule has 0 heterocycles. The molecule has 3 aromatic rings. The van der Waals surface area contributed by atoms with Crippen molar-refractivity contribution in [1.82, 2.24) is 5.43 Å². The van der Waals surface area contributed by atoms with Gasteiger partial charge in [-0.25, -0.2) is 5.43 Å². The number of methoxy groups -OCH3 is 1. The summed E-state index contributed by atoms with van der Waals surface area (Å²) < 4.78 is 12.1. The molecule has 3 aromatic carbocycles. The van der Waals surface area contributed by atoms with E-state index in [2.05, 4.69) is 26.5 Å². The molecule has 0 spiro atoms. The highest BCUT2D eigenvalue weighted by atomic mass is 79.9. The van der Waals surface area contributed by atoms with Crippen LogP contribution in [-0.4, -0.2) is 24.5 Å². The van der Waals surface area contributed by atoms with Crippen LogP contribution in [0.2, 0.25) is 5.02 Å². The molecule has 3 rings (SSSR count). The number of halogens is 2. The first-order valence-corrected chi connectivity index (χ1v) is 12.4. The van der Waals surface area contributed by atoms with Crippen LogP contribution in [0.15, 0.2) is 76.3 Å². The van der Waals surface area contributed by atoms with Crippen molar-refractivity contribution in [3.63, 3.8) is 0 Å². The van der Waals surface area contributed by atoms with Crippen LogP contribution in [0.5, 0.6) is 11.5 Å². The van der Waals surface area contributed by atoms with Crippen LogP contribution in [0.25, 0.3) is 0 Å². The van der Waals surface area contributed by atoms with Crippen molar-refractivity contribution in [2.75, 3.05) is 7.11 Å². The summed E-state index contributed by atoms with van der Waals surface area (Å²) in [5.41, 5.74) is 5.40. The summed E-state index contributed by atoms with van der Waals surface area (Å²) in [6.45, 7) is 2.17. The first kappa shape index (κ1) is 25.1. The molecule has 8 heteroatoms. The zero-order valence-corrected chi connectivity index (χ0v) is 21.4. The molecule has 0 bridgehead atoms. The standard InChI is InChI=1S/C25H24BrClN2O3S/c1-17(33-16-18-8-4-3-5-9-18)25(30)29-28-14-19-12-21(26)24(23(13-19)31-2)32-15-20-10-6-7-11-22(20)27/h3-14,17H,15-16H2,1-2H3,(H,29,30)/b28-14-/t17-/m0/s1. The lowest BCUT2D eigenvalue weighted by molar-refractivity contribution is -0.120. The molecule has 172 valence electrons. The average molecular weight is 548 g/mol. The number of hydrogen-bond acceptors (Lipinski definition) is 5. The van der Waals surface area contributed by atoms with Gasteiger partial charge in [0.2, 0.25) is 0 Å². The van der Waals surface area contributed by atoms with Crippen LogP contribution >= 0.6 is 39.3 Å². The maximum Gasteiger partial charge on any atom is 0.252 e. The number of benzene rings is 3. The predicted octanol–water partition coefficient (Wildman–Crippen LogP) is 6.46. The van der Waals surface area contributed by atoms with Gasteiger partial charge < -0.3 is 9.47 Å². The third-order valence-corrected chi connectivity index (χ3v) is 6.85. The Morgan fingerprint density at radius 2 is 1.91 bits per heavy atom. The minimum absolute atomic E-state index is 0.155. The van der Waals surface area contributed by atoms with E-state index in [1.807, 2.05) is 67.6 Å². The third kappa shape index (κ3) is 7.52. The van der Waals surface area contributed by atoms with Gasteiger partial charge in [0.05, 0.1) is 23.0 Å². The Kier molecular flexibility index (Phi) is 9.66. The molecule has 0 aliphatic rings. The largest absolute Gasteiger partial charge is 0.493 e. The Balaban J connectivity index is 1.58. The first-order valence-electron chi connectivity index (χ1n) is 10.2. The summed E-state index contributed by atoms with van der Waals surface area (Å²) in [6, 6.07) is 21.2. The van der Waals surface area contributed by atoms with Gasteiger partial charge in [-0.1, -0.05) is 60.1 Å². The normalized spacial score (nSPS) is 11.9. The number of carbonyl (C=O) groups is 1. The second-order valence-corrected chi connectivity index (χ2v) is 9.68. The van der Waals surface area contributed by atoms with E-state index in [-0.39, 0.29) is 11.2 Å². The van der Waals surface area contributed by atoms with E-state index in [0.717, 1.165) is 16.9 Å². The zero-order chi connectivity index (χ0) is 23.6. The third-order valence-electron chi connectivity index (χ3n) is 4.68. The van der Waals surface area contributed by atoms with E-state index in [4.69, 9.17) is 21.1 Å². The Bertz CT molecular complexity index is 1110. The Labute approximate surface area is 211 Å². The monoisotopic (exact) mass is 546 g/mol. The second kappa shape index (κ2) is 12.7. The van der Waals surface area contributed by atoms with Crippen LogP contribution in [0.1, 0.15) is 23.6 Å². The molecular formula is C25H24BrClN2O3S. The minimum Gasteiger partial charge on any atom is -0.493 e. The van der Waals surface area contributed by atoms with Crippen molar-refractivity contribution < 1.29 is 14.3 Å². The summed E-state index contributed by atoms with van der Waals surface area (Å²) >= 11 is 11.3. The molecule has 33 heavy (non-hydrogen) atoms. The molecule has 1 amide bonds. The maximum atomic E-state index is 12.3. The van der Waals surface area contributed by atoms with Crippen molar-refractivity contribution in [1.29, 1.82) is 0 Å². The van der Waals surface area contributed by atoms with Gasteiger partial charge in [0, 0.05) is 16.3 Å². The summed E-state index contributed by atoms with van der Waals surface area (Å²) in [5, 5.41) is 4.51. The van der Waals surface area contributed by atoms with Gasteiger partial charge in [-0.3, -0.25) is 4.79 Å². The lowest BCUT2D eigenvalue weighted by atomic mass is 10.2. The minimum atomic E-state index is -0.232. The number of amides is 1. The van der Waals surface area contributed by atoms with E-state index in [9.17, 15) is 4.79 Å². The molecule has 0 saturated heterocycles. The number of nitrogens with one attached hydrogen (secondary N) is 1. The van der Waals surface area contributed by atoms with Crippen molar-refractivity contribution in [2.24, 2.45) is 5.10 Å². The van der Waals surface area contributed by atoms with Gasteiger partial charge >= 0.3 is 0 Å². The molecule has 0 saturated carbocycles. The maximum absolute atomic E-state index is 12.3. The van der Waals surface area contributed by atoms with Crippen molar-refractivity contribution in [2.45, 2.75) is 24.5 Å². The fraction of sp³-hybridized carbons (Fsp3) is 0.200. The molecule has 0 aliphatic heterocycles. The highest BCUT2D eigenvalue weighted by Gasteiger charge is 2.14. The molecule has 1 N–H and O–H groups in total. The molecule has 0 unspecified atom stereocenters. The van der Waals surface area contributed by atoms with Crippen molar-refractivity contribution in [3.05, 3.63) is 92.9 Å². The van der Waals surface area contributed by atoms with Crippen molar-refractivity contribution >= 4 is 51.4 Å². The first-order chi connectivity index (χ1) is 16.0. The fourth-order valence-electron chi connectivity index (χ4n) is 2.85. The number of nitrogens with zero attached hydrogens (tertiary/aromatic N) is 1. The van der Waals surface area contributed by atoms with Crippen LogP contribution in [0.4, 0.5) is 0 Å². The number of hydrazone groups is 1. The van der Waals surface area contributed by atoms with Crippen LogP contribution < -0.4 is 14.9 Å². The molecule has 1 atom stereocenters. The summed E-state index contributed by atoms with van der Waals surface area (Å²) in [7, 11) is 1.57. The number of thioether (sulfide) groups is 1. The zero-order valence-electron chi connectivity index (χ0n) is 18.3. The number of carbonyl (C=O) groups excluding carboxylic acids is 1. The van der Waals surface area contributed by atoms with Gasteiger partial charge in [0.15, 0.2) is 11.5 Å². The highest BCUT2D eigenvalue weighted by Crippen LogP contribution is 2.37. The van der Waals surface area contributed by atoms with Crippen molar-refractivity contribution in [3.8, 4) is 11.5 Å². The van der Waals surface area contributed by atoms with Crippen LogP contribution in [0.3, 0.4) is 0 Å². The average Bonchev–Trinajstić information content (AvgIpc) is 2.83. The summed E-state index contributed by atoms with van der Waals surface area (Å²) in [4.78, 5) is 12.3. The summed E-state index contributed by atoms with van der Waals surface area (Å²) in [6.07, 6.45) is 1.57. The molecule has 0 aliphatic carbocycles. The Morgan fingerprint density at radius 1 is 1.18 bits per heavy atom. The highest BCUT2D eigenvalue weighted by molar-refractivity contribution is 9.10. The van der Waals surface area contributed by atoms with E-state index >= 15 is 0 Å². The molecule has 5 nitrogen and oxygen atoms in total. The van der Waals surface area contributed by atoms with Gasteiger partial charge in [-0.2, -0.15) is 5.10 Å². The molecular weight excluding hydrogens is 524 g/mol. The molecule has 0 aromatic heterocycles. The van der Waals surface area contributed by atoms with Crippen LogP contribution in [-0.2, 0) is 17.2 Å². The quantitative estimate of drug-likeness (QED) is 0.234. The fourth-order valence-corrected chi connectivity index (χ4v) is 4.46. The SMILES string of the molecule is COc1cc(/C=N\NC(=O)[C@H](C)SCc2ccccc2)cc(Br)c1OCc1ccccc1Cl. The summed E-state index contributed by atoms with van der Waals surface area (Å²) in [5.74, 6) is 1.71. The van der Waals surface area contributed by atoms with Gasteiger partial charge in [0.1, 0.15) is 6.61 Å². The number of hydrogen-bond donors (Lipinski definition) is 1. The molecule has 0 fully saturated rings.